The van der Waals surface area contributed by atoms with Crippen LogP contribution in [0, 0.1) is 5.82 Å². The Kier molecular flexibility index (Phi) is 3.84. The summed E-state index contributed by atoms with van der Waals surface area (Å²) in [5.74, 6) is -0.0349. The first-order valence-electron chi connectivity index (χ1n) is 6.99. The number of anilines is 2. The standard InChI is InChI=1S/C14H18FN5O2/c1-19-3-5-20(6-4-19)14-18-17-13(22-14)9-7-12(21-2)11(16)8-10(9)15/h7-8H,3-6,16H2,1-2H3. The van der Waals surface area contributed by atoms with E-state index >= 15 is 0 Å². The zero-order valence-corrected chi connectivity index (χ0v) is 12.5. The Balaban J connectivity index is 1.87. The first kappa shape index (κ1) is 14.6. The molecular weight excluding hydrogens is 289 g/mol. The van der Waals surface area contributed by atoms with Gasteiger partial charge in [-0.1, -0.05) is 5.10 Å². The lowest BCUT2D eigenvalue weighted by Crippen LogP contribution is -2.44. The Labute approximate surface area is 127 Å². The van der Waals surface area contributed by atoms with Gasteiger partial charge in [0.1, 0.15) is 11.6 Å². The number of piperazine rings is 1. The van der Waals surface area contributed by atoms with Crippen molar-refractivity contribution in [3.05, 3.63) is 17.9 Å². The fraction of sp³-hybridized carbons (Fsp3) is 0.429. The van der Waals surface area contributed by atoms with Crippen molar-refractivity contribution >= 4 is 11.7 Å². The molecule has 7 nitrogen and oxygen atoms in total. The number of hydrogen-bond donors (Lipinski definition) is 1. The molecule has 1 aromatic heterocycles. The molecule has 1 saturated heterocycles. The predicted octanol–water partition coefficient (Wildman–Crippen LogP) is 1.22. The summed E-state index contributed by atoms with van der Waals surface area (Å²) in [6.45, 7) is 3.43. The van der Waals surface area contributed by atoms with Crippen molar-refractivity contribution in [3.63, 3.8) is 0 Å². The number of nitrogens with two attached hydrogens (primary N) is 1. The Morgan fingerprint density at radius 1 is 1.23 bits per heavy atom. The van der Waals surface area contributed by atoms with E-state index in [1.807, 2.05) is 4.90 Å². The molecule has 0 spiro atoms. The zero-order chi connectivity index (χ0) is 15.7. The molecule has 0 unspecified atom stereocenters. The molecule has 1 aliphatic heterocycles. The highest BCUT2D eigenvalue weighted by Gasteiger charge is 2.21. The molecule has 2 heterocycles. The third-order valence-corrected chi connectivity index (χ3v) is 3.74. The van der Waals surface area contributed by atoms with Crippen molar-refractivity contribution in [3.8, 4) is 17.2 Å². The van der Waals surface area contributed by atoms with Gasteiger partial charge in [-0.15, -0.1) is 5.10 Å². The summed E-state index contributed by atoms with van der Waals surface area (Å²) < 4.78 is 24.8. The Morgan fingerprint density at radius 2 is 1.95 bits per heavy atom. The first-order valence-corrected chi connectivity index (χ1v) is 6.99. The fourth-order valence-corrected chi connectivity index (χ4v) is 2.36. The molecular formula is C14H18FN5O2. The van der Waals surface area contributed by atoms with Crippen LogP contribution in [0.4, 0.5) is 16.1 Å². The number of rotatable bonds is 3. The number of methoxy groups -OCH3 is 1. The quantitative estimate of drug-likeness (QED) is 0.854. The minimum atomic E-state index is -0.521. The van der Waals surface area contributed by atoms with E-state index in [9.17, 15) is 4.39 Å². The monoisotopic (exact) mass is 307 g/mol. The predicted molar refractivity (Wildman–Crippen MR) is 80.4 cm³/mol. The van der Waals surface area contributed by atoms with Crippen LogP contribution >= 0.6 is 0 Å². The number of aromatic nitrogens is 2. The van der Waals surface area contributed by atoms with Gasteiger partial charge in [0, 0.05) is 32.2 Å². The number of halogens is 1. The van der Waals surface area contributed by atoms with Crippen LogP contribution in [0.3, 0.4) is 0 Å². The molecule has 0 radical (unpaired) electrons. The Bertz CT molecular complexity index is 667. The smallest absolute Gasteiger partial charge is 0.318 e. The van der Waals surface area contributed by atoms with Crippen LogP contribution in [0.15, 0.2) is 16.5 Å². The van der Waals surface area contributed by atoms with Crippen LogP contribution in [-0.2, 0) is 0 Å². The van der Waals surface area contributed by atoms with Crippen molar-refractivity contribution in [2.45, 2.75) is 0 Å². The number of hydrogen-bond acceptors (Lipinski definition) is 7. The average Bonchev–Trinajstić information content (AvgIpc) is 2.98. The molecule has 3 rings (SSSR count). The minimum Gasteiger partial charge on any atom is -0.495 e. The van der Waals surface area contributed by atoms with Gasteiger partial charge in [-0.05, 0) is 13.1 Å². The van der Waals surface area contributed by atoms with E-state index in [0.717, 1.165) is 26.2 Å². The summed E-state index contributed by atoms with van der Waals surface area (Å²) in [5, 5.41) is 7.95. The van der Waals surface area contributed by atoms with Gasteiger partial charge in [0.15, 0.2) is 0 Å². The maximum absolute atomic E-state index is 14.1. The molecule has 0 atom stereocenters. The molecule has 0 aliphatic carbocycles. The molecule has 118 valence electrons. The summed E-state index contributed by atoms with van der Waals surface area (Å²) in [4.78, 5) is 4.21. The summed E-state index contributed by atoms with van der Waals surface area (Å²) in [6, 6.07) is 3.05. The summed E-state index contributed by atoms with van der Waals surface area (Å²) >= 11 is 0. The molecule has 0 saturated carbocycles. The number of nitrogen functional groups attached to an aromatic ring is 1. The second-order valence-electron chi connectivity index (χ2n) is 5.25. The molecule has 1 fully saturated rings. The maximum Gasteiger partial charge on any atom is 0.318 e. The third kappa shape index (κ3) is 2.69. The van der Waals surface area contributed by atoms with E-state index in [2.05, 4.69) is 22.1 Å². The van der Waals surface area contributed by atoms with E-state index in [1.54, 1.807) is 0 Å². The van der Waals surface area contributed by atoms with Gasteiger partial charge in [0.25, 0.3) is 5.89 Å². The molecule has 2 aromatic rings. The third-order valence-electron chi connectivity index (χ3n) is 3.74. The van der Waals surface area contributed by atoms with E-state index in [1.165, 1.54) is 19.2 Å². The lowest BCUT2D eigenvalue weighted by atomic mass is 10.1. The van der Waals surface area contributed by atoms with Crippen molar-refractivity contribution in [2.24, 2.45) is 0 Å². The van der Waals surface area contributed by atoms with Crippen molar-refractivity contribution in [2.75, 3.05) is 51.0 Å². The van der Waals surface area contributed by atoms with Gasteiger partial charge >= 0.3 is 6.01 Å². The second-order valence-corrected chi connectivity index (χ2v) is 5.25. The van der Waals surface area contributed by atoms with Gasteiger partial charge < -0.3 is 24.7 Å². The minimum absolute atomic E-state index is 0.115. The van der Waals surface area contributed by atoms with Crippen molar-refractivity contribution < 1.29 is 13.5 Å². The molecule has 0 bridgehead atoms. The lowest BCUT2D eigenvalue weighted by Gasteiger charge is -2.30. The summed E-state index contributed by atoms with van der Waals surface area (Å²) in [6.07, 6.45) is 0. The van der Waals surface area contributed by atoms with Gasteiger partial charge in [-0.3, -0.25) is 0 Å². The first-order chi connectivity index (χ1) is 10.6. The molecule has 1 aromatic carbocycles. The number of ether oxygens (including phenoxy) is 1. The number of likely N-dealkylation sites (N-methyl/N-ethyl adjacent to an activating group) is 1. The van der Waals surface area contributed by atoms with Crippen LogP contribution in [0.25, 0.3) is 11.5 Å². The van der Waals surface area contributed by atoms with Crippen molar-refractivity contribution in [1.82, 2.24) is 15.1 Å². The van der Waals surface area contributed by atoms with Gasteiger partial charge in [0.05, 0.1) is 18.4 Å². The average molecular weight is 307 g/mol. The van der Waals surface area contributed by atoms with E-state index in [0.29, 0.717) is 11.8 Å². The highest BCUT2D eigenvalue weighted by molar-refractivity contribution is 5.65. The highest BCUT2D eigenvalue weighted by atomic mass is 19.1. The summed E-state index contributed by atoms with van der Waals surface area (Å²) in [7, 11) is 3.53. The largest absolute Gasteiger partial charge is 0.495 e. The normalized spacial score (nSPS) is 16.0. The van der Waals surface area contributed by atoms with Crippen molar-refractivity contribution in [1.29, 1.82) is 0 Å². The lowest BCUT2D eigenvalue weighted by molar-refractivity contribution is 0.305. The molecule has 22 heavy (non-hydrogen) atoms. The van der Waals surface area contributed by atoms with Crippen LogP contribution in [0.2, 0.25) is 0 Å². The van der Waals surface area contributed by atoms with Crippen LogP contribution < -0.4 is 15.4 Å². The fourth-order valence-electron chi connectivity index (χ4n) is 2.36. The molecule has 1 aliphatic rings. The van der Waals surface area contributed by atoms with E-state index < -0.39 is 5.82 Å². The van der Waals surface area contributed by atoms with Crippen LogP contribution in [0.1, 0.15) is 0 Å². The van der Waals surface area contributed by atoms with Gasteiger partial charge in [-0.25, -0.2) is 4.39 Å². The summed E-state index contributed by atoms with van der Waals surface area (Å²) in [5.41, 5.74) is 6.07. The number of nitrogens with zero attached hydrogens (tertiary/aromatic N) is 4. The highest BCUT2D eigenvalue weighted by Crippen LogP contribution is 2.32. The molecule has 2 N–H and O–H groups in total. The Morgan fingerprint density at radius 3 is 2.64 bits per heavy atom. The maximum atomic E-state index is 14.1. The molecule has 0 amide bonds. The number of benzene rings is 1. The SMILES string of the molecule is COc1cc(-c2nnc(N3CCN(C)CC3)o2)c(F)cc1N. The topological polar surface area (TPSA) is 80.7 Å². The van der Waals surface area contributed by atoms with Gasteiger partial charge in [0.2, 0.25) is 0 Å². The molecule has 8 heteroatoms. The van der Waals surface area contributed by atoms with E-state index in [-0.39, 0.29) is 17.1 Å². The Hall–Kier alpha value is -2.35. The second kappa shape index (κ2) is 5.80. The van der Waals surface area contributed by atoms with E-state index in [4.69, 9.17) is 14.9 Å². The van der Waals surface area contributed by atoms with Crippen LogP contribution in [-0.4, -0.2) is 55.4 Å². The van der Waals surface area contributed by atoms with Crippen LogP contribution in [0.5, 0.6) is 5.75 Å². The van der Waals surface area contributed by atoms with Gasteiger partial charge in [-0.2, -0.15) is 0 Å². The zero-order valence-electron chi connectivity index (χ0n) is 12.5.